The van der Waals surface area contributed by atoms with Crippen LogP contribution in [-0.4, -0.2) is 22.5 Å². The Hall–Kier alpha value is -2.83. The van der Waals surface area contributed by atoms with E-state index in [1.165, 1.54) is 30.8 Å². The summed E-state index contributed by atoms with van der Waals surface area (Å²) >= 11 is 0. The van der Waals surface area contributed by atoms with Gasteiger partial charge in [0, 0.05) is 37.6 Å². The van der Waals surface area contributed by atoms with Crippen LogP contribution in [-0.2, 0) is 18.3 Å². The highest BCUT2D eigenvalue weighted by Gasteiger charge is 2.10. The summed E-state index contributed by atoms with van der Waals surface area (Å²) in [5.74, 6) is -0.938. The van der Waals surface area contributed by atoms with Crippen LogP contribution in [0.25, 0.3) is 0 Å². The first-order chi connectivity index (χ1) is 11.8. The van der Waals surface area contributed by atoms with Crippen LogP contribution >= 0.6 is 0 Å². The second-order valence-electron chi connectivity index (χ2n) is 6.02. The van der Waals surface area contributed by atoms with Crippen molar-refractivity contribution >= 4 is 23.3 Å². The fraction of sp³-hybridized carbons (Fsp3) is 0.333. The lowest BCUT2D eigenvalue weighted by molar-refractivity contribution is -0.114. The maximum atomic E-state index is 13.6. The molecule has 0 aliphatic heterocycles. The molecule has 0 aliphatic carbocycles. The van der Waals surface area contributed by atoms with Crippen LogP contribution in [0.3, 0.4) is 0 Å². The quantitative estimate of drug-likeness (QED) is 0.751. The number of rotatable bonds is 6. The lowest BCUT2D eigenvalue weighted by Gasteiger charge is -2.15. The fourth-order valence-corrected chi connectivity index (χ4v) is 2.47. The van der Waals surface area contributed by atoms with Gasteiger partial charge in [-0.25, -0.2) is 9.18 Å². The topological polar surface area (TPSA) is 75.2 Å². The maximum absolute atomic E-state index is 13.6. The molecule has 25 heavy (non-hydrogen) atoms. The van der Waals surface area contributed by atoms with E-state index in [9.17, 15) is 14.0 Å². The molecule has 1 heterocycles. The molecule has 0 radical (unpaired) electrons. The van der Waals surface area contributed by atoms with E-state index in [1.54, 1.807) is 0 Å². The van der Waals surface area contributed by atoms with Gasteiger partial charge in [0.05, 0.1) is 5.69 Å². The molecule has 0 spiro atoms. The zero-order valence-electron chi connectivity index (χ0n) is 14.6. The lowest BCUT2D eigenvalue weighted by Crippen LogP contribution is -2.36. The summed E-state index contributed by atoms with van der Waals surface area (Å²) in [6, 6.07) is 7.65. The van der Waals surface area contributed by atoms with Crippen molar-refractivity contribution in [2.75, 3.05) is 10.6 Å². The number of aryl methyl sites for hydroxylation is 2. The van der Waals surface area contributed by atoms with Gasteiger partial charge in [-0.1, -0.05) is 0 Å². The molecular weight excluding hydrogens is 323 g/mol. The largest absolute Gasteiger partial charge is 0.354 e. The van der Waals surface area contributed by atoms with Crippen LogP contribution in [0.15, 0.2) is 36.5 Å². The fourth-order valence-electron chi connectivity index (χ4n) is 2.47. The molecule has 3 amide bonds. The molecule has 134 valence electrons. The van der Waals surface area contributed by atoms with E-state index in [4.69, 9.17) is 0 Å². The third-order valence-electron chi connectivity index (χ3n) is 3.80. The van der Waals surface area contributed by atoms with Crippen LogP contribution in [0, 0.1) is 5.82 Å². The molecule has 1 atom stereocenters. The summed E-state index contributed by atoms with van der Waals surface area (Å²) in [4.78, 5) is 23.1. The monoisotopic (exact) mass is 346 g/mol. The van der Waals surface area contributed by atoms with E-state index in [0.717, 1.165) is 12.8 Å². The summed E-state index contributed by atoms with van der Waals surface area (Å²) in [6.45, 7) is 3.22. The molecule has 0 saturated heterocycles. The average Bonchev–Trinajstić information content (AvgIpc) is 2.93. The highest BCUT2D eigenvalue weighted by Crippen LogP contribution is 2.19. The molecule has 0 saturated carbocycles. The van der Waals surface area contributed by atoms with Gasteiger partial charge < -0.3 is 20.5 Å². The van der Waals surface area contributed by atoms with E-state index >= 15 is 0 Å². The molecule has 2 aromatic rings. The maximum Gasteiger partial charge on any atom is 0.319 e. The van der Waals surface area contributed by atoms with E-state index in [2.05, 4.69) is 26.6 Å². The molecule has 2 rings (SSSR count). The summed E-state index contributed by atoms with van der Waals surface area (Å²) in [6.07, 6.45) is 3.64. The first-order valence-corrected chi connectivity index (χ1v) is 8.10. The average molecular weight is 346 g/mol. The summed E-state index contributed by atoms with van der Waals surface area (Å²) in [5, 5.41) is 7.87. The first-order valence-electron chi connectivity index (χ1n) is 8.10. The van der Waals surface area contributed by atoms with Crippen LogP contribution in [0.4, 0.5) is 20.6 Å². The predicted molar refractivity (Wildman–Crippen MR) is 96.1 cm³/mol. The number of halogens is 1. The van der Waals surface area contributed by atoms with Gasteiger partial charge in [0.15, 0.2) is 0 Å². The number of carbonyl (C=O) groups is 2. The van der Waals surface area contributed by atoms with Crippen LogP contribution in [0.2, 0.25) is 0 Å². The molecule has 3 N–H and O–H groups in total. The number of anilines is 2. The van der Waals surface area contributed by atoms with Crippen molar-refractivity contribution in [2.24, 2.45) is 7.05 Å². The molecule has 0 fully saturated rings. The molecule has 0 aliphatic rings. The summed E-state index contributed by atoms with van der Waals surface area (Å²) in [7, 11) is 1.99. The minimum atomic E-state index is -0.558. The Morgan fingerprint density at radius 2 is 2.00 bits per heavy atom. The van der Waals surface area contributed by atoms with Gasteiger partial charge in [0.2, 0.25) is 5.91 Å². The molecule has 0 bridgehead atoms. The Kier molecular flexibility index (Phi) is 6.16. The van der Waals surface area contributed by atoms with E-state index in [-0.39, 0.29) is 23.7 Å². The number of nitrogens with one attached hydrogen (secondary N) is 3. The molecule has 1 aromatic carbocycles. The minimum Gasteiger partial charge on any atom is -0.354 e. The third kappa shape index (κ3) is 5.63. The lowest BCUT2D eigenvalue weighted by atomic mass is 10.1. The minimum absolute atomic E-state index is 0.0230. The van der Waals surface area contributed by atoms with E-state index < -0.39 is 5.82 Å². The van der Waals surface area contributed by atoms with E-state index in [0.29, 0.717) is 5.69 Å². The summed E-state index contributed by atoms with van der Waals surface area (Å²) < 4.78 is 15.7. The molecule has 1 unspecified atom stereocenters. The molecular formula is C18H23FN4O2. The number of hydrogen-bond acceptors (Lipinski definition) is 2. The van der Waals surface area contributed by atoms with Gasteiger partial charge in [-0.05, 0) is 50.1 Å². The van der Waals surface area contributed by atoms with Crippen molar-refractivity contribution < 1.29 is 14.0 Å². The number of carbonyl (C=O) groups excluding carboxylic acids is 2. The Morgan fingerprint density at radius 3 is 2.64 bits per heavy atom. The van der Waals surface area contributed by atoms with Crippen LogP contribution < -0.4 is 16.0 Å². The Labute approximate surface area is 146 Å². The molecule has 6 nitrogen and oxygen atoms in total. The van der Waals surface area contributed by atoms with Crippen molar-refractivity contribution in [3.8, 4) is 0 Å². The van der Waals surface area contributed by atoms with Crippen LogP contribution in [0.1, 0.15) is 26.0 Å². The van der Waals surface area contributed by atoms with Gasteiger partial charge in [-0.3, -0.25) is 4.79 Å². The molecule has 7 heteroatoms. The third-order valence-corrected chi connectivity index (χ3v) is 3.80. The number of hydrogen-bond donors (Lipinski definition) is 3. The Bertz CT molecular complexity index is 757. The highest BCUT2D eigenvalue weighted by atomic mass is 19.1. The van der Waals surface area contributed by atoms with Crippen molar-refractivity contribution in [1.29, 1.82) is 0 Å². The van der Waals surface area contributed by atoms with Crippen molar-refractivity contribution in [3.63, 3.8) is 0 Å². The standard InChI is InChI=1S/C18H23FN4O2/c1-12(6-8-15-5-4-10-23(15)3)20-18(25)22-14-7-9-16(19)17(11-14)21-13(2)24/h4-5,7,9-12H,6,8H2,1-3H3,(H,21,24)(H2,20,22,25). The van der Waals surface area contributed by atoms with Crippen LogP contribution in [0.5, 0.6) is 0 Å². The van der Waals surface area contributed by atoms with Crippen molar-refractivity contribution in [2.45, 2.75) is 32.7 Å². The number of amides is 3. The number of nitrogens with zero attached hydrogens (tertiary/aromatic N) is 1. The number of urea groups is 1. The number of aromatic nitrogens is 1. The number of benzene rings is 1. The van der Waals surface area contributed by atoms with Crippen molar-refractivity contribution in [1.82, 2.24) is 9.88 Å². The first kappa shape index (κ1) is 18.5. The Morgan fingerprint density at radius 1 is 1.24 bits per heavy atom. The highest BCUT2D eigenvalue weighted by molar-refractivity contribution is 5.92. The molecule has 1 aromatic heterocycles. The second-order valence-corrected chi connectivity index (χ2v) is 6.02. The SMILES string of the molecule is CC(=O)Nc1cc(NC(=O)NC(C)CCc2cccn2C)ccc1F. The predicted octanol–water partition coefficient (Wildman–Crippen LogP) is 3.27. The van der Waals surface area contributed by atoms with E-state index in [1.807, 2.05) is 26.2 Å². The zero-order valence-corrected chi connectivity index (χ0v) is 14.6. The Balaban J connectivity index is 1.87. The van der Waals surface area contributed by atoms with Gasteiger partial charge in [0.1, 0.15) is 5.82 Å². The zero-order chi connectivity index (χ0) is 18.4. The van der Waals surface area contributed by atoms with Gasteiger partial charge in [0.25, 0.3) is 0 Å². The smallest absolute Gasteiger partial charge is 0.319 e. The van der Waals surface area contributed by atoms with Crippen molar-refractivity contribution in [3.05, 3.63) is 48.0 Å². The van der Waals surface area contributed by atoms with Gasteiger partial charge >= 0.3 is 6.03 Å². The van der Waals surface area contributed by atoms with Gasteiger partial charge in [-0.15, -0.1) is 0 Å². The second kappa shape index (κ2) is 8.32. The normalized spacial score (nSPS) is 11.7. The summed E-state index contributed by atoms with van der Waals surface area (Å²) in [5.41, 5.74) is 1.63. The van der Waals surface area contributed by atoms with Gasteiger partial charge in [-0.2, -0.15) is 0 Å².